The van der Waals surface area contributed by atoms with Crippen LogP contribution in [-0.2, 0) is 42.9 Å². The fraction of sp³-hybridized carbons (Fsp3) is 0.583. The Balaban J connectivity index is 0.00000289. The summed E-state index contributed by atoms with van der Waals surface area (Å²) < 4.78 is 32.4. The largest absolute Gasteiger partial charge is 0.334 e. The van der Waals surface area contributed by atoms with Gasteiger partial charge in [0.15, 0.2) is 0 Å². The predicted molar refractivity (Wildman–Crippen MR) is 138 cm³/mol. The van der Waals surface area contributed by atoms with Gasteiger partial charge in [0.05, 0.1) is 17.9 Å². The Kier molecular flexibility index (Phi) is 7.88. The molecule has 11 heteroatoms. The molecule has 0 spiro atoms. The van der Waals surface area contributed by atoms with E-state index in [-0.39, 0.29) is 35.6 Å². The molecular formula is C24H34N6NaO3S. The number of carbonyl (C=O) groups excluding carboxylic acids is 1. The minimum Gasteiger partial charge on any atom is -0.307 e. The number of amides is 2. The molecule has 1 fully saturated rings. The van der Waals surface area contributed by atoms with Crippen LogP contribution in [0.3, 0.4) is 0 Å². The van der Waals surface area contributed by atoms with Crippen molar-refractivity contribution in [1.29, 1.82) is 0 Å². The molecule has 0 bridgehead atoms. The first kappa shape index (κ1) is 26.5. The number of nitrogens with zero attached hydrogens (tertiary/aromatic N) is 4. The fourth-order valence-corrected chi connectivity index (χ4v) is 7.09. The van der Waals surface area contributed by atoms with Crippen LogP contribution in [0.4, 0.5) is 16.2 Å². The minimum atomic E-state index is -4.15. The number of hydrogen-bond acceptors (Lipinski definition) is 5. The Bertz CT molecular complexity index is 1180. The quantitative estimate of drug-likeness (QED) is 0.583. The average Bonchev–Trinajstić information content (AvgIpc) is 3.54. The van der Waals surface area contributed by atoms with Gasteiger partial charge in [0.25, 0.3) is 0 Å². The number of anilines is 2. The van der Waals surface area contributed by atoms with Crippen molar-refractivity contribution in [3.63, 3.8) is 0 Å². The smallest absolute Gasteiger partial charge is 0.307 e. The second-order valence-corrected chi connectivity index (χ2v) is 11.5. The van der Waals surface area contributed by atoms with Gasteiger partial charge in [0, 0.05) is 67.6 Å². The molecule has 2 heterocycles. The summed E-state index contributed by atoms with van der Waals surface area (Å²) in [6, 6.07) is 1.63. The third-order valence-electron chi connectivity index (χ3n) is 7.39. The van der Waals surface area contributed by atoms with Gasteiger partial charge >= 0.3 is 16.2 Å². The molecule has 2 amide bonds. The zero-order valence-corrected chi connectivity index (χ0v) is 24.0. The van der Waals surface area contributed by atoms with Crippen molar-refractivity contribution in [3.05, 3.63) is 40.7 Å². The van der Waals surface area contributed by atoms with Crippen molar-refractivity contribution in [1.82, 2.24) is 19.4 Å². The Morgan fingerprint density at radius 3 is 2.34 bits per heavy atom. The molecule has 1 unspecified atom stereocenters. The number of aryl methyl sites for hydroxylation is 3. The number of nitrogens with one attached hydrogen (secondary N) is 2. The molecule has 9 nitrogen and oxygen atoms in total. The number of hydrogen-bond donors (Lipinski definition) is 2. The molecule has 1 aliphatic heterocycles. The predicted octanol–water partition coefficient (Wildman–Crippen LogP) is 2.37. The number of fused-ring (bicyclic) bond motifs is 2. The first-order valence-electron chi connectivity index (χ1n) is 12.3. The molecule has 3 aliphatic rings. The van der Waals surface area contributed by atoms with E-state index in [9.17, 15) is 13.2 Å². The number of likely N-dealkylation sites (tertiary alicyclic amines) is 1. The molecule has 5 rings (SSSR count). The van der Waals surface area contributed by atoms with Gasteiger partial charge in [-0.15, -0.1) is 0 Å². The summed E-state index contributed by atoms with van der Waals surface area (Å²) >= 11 is 0. The molecule has 2 aliphatic carbocycles. The second kappa shape index (κ2) is 10.4. The van der Waals surface area contributed by atoms with Gasteiger partial charge in [-0.05, 0) is 81.0 Å². The van der Waals surface area contributed by atoms with Crippen molar-refractivity contribution in [3.8, 4) is 0 Å². The topological polar surface area (TPSA) is 99.6 Å². The third kappa shape index (κ3) is 5.27. The van der Waals surface area contributed by atoms with Crippen molar-refractivity contribution in [2.75, 3.05) is 22.7 Å². The maximum Gasteiger partial charge on any atom is 0.334 e. The van der Waals surface area contributed by atoms with Crippen LogP contribution in [-0.4, -0.2) is 83.9 Å². The summed E-state index contributed by atoms with van der Waals surface area (Å²) in [6.45, 7) is 5.62. The van der Waals surface area contributed by atoms with Crippen LogP contribution in [0.1, 0.15) is 55.4 Å². The average molecular weight is 510 g/mol. The van der Waals surface area contributed by atoms with Crippen LogP contribution < -0.4 is 14.3 Å². The van der Waals surface area contributed by atoms with Gasteiger partial charge in [0.1, 0.15) is 0 Å². The normalized spacial score (nSPS) is 19.4. The Morgan fingerprint density at radius 2 is 1.80 bits per heavy atom. The molecule has 1 saturated heterocycles. The van der Waals surface area contributed by atoms with E-state index in [0.29, 0.717) is 24.7 Å². The summed E-state index contributed by atoms with van der Waals surface area (Å²) in [7, 11) is -2.40. The number of benzene rings is 1. The van der Waals surface area contributed by atoms with Crippen molar-refractivity contribution in [2.24, 2.45) is 7.05 Å². The van der Waals surface area contributed by atoms with E-state index in [1.165, 1.54) is 32.8 Å². The zero-order chi connectivity index (χ0) is 24.0. The van der Waals surface area contributed by atoms with Crippen LogP contribution in [0.2, 0.25) is 0 Å². The summed E-state index contributed by atoms with van der Waals surface area (Å²) in [6.07, 6.45) is 9.89. The van der Waals surface area contributed by atoms with Crippen LogP contribution in [0.15, 0.2) is 18.5 Å². The Hall–Kier alpha value is -1.59. The van der Waals surface area contributed by atoms with Crippen LogP contribution >= 0.6 is 0 Å². The van der Waals surface area contributed by atoms with Gasteiger partial charge in [-0.2, -0.15) is 13.5 Å². The van der Waals surface area contributed by atoms with Crippen molar-refractivity contribution < 1.29 is 13.2 Å². The van der Waals surface area contributed by atoms with E-state index in [1.54, 1.807) is 17.9 Å². The molecular weight excluding hydrogens is 475 g/mol. The zero-order valence-electron chi connectivity index (χ0n) is 21.2. The standard InChI is InChI=1S/C24H34N6O3S.Na/c1-16(2)29-11-10-19(15-29)30(20-13-25-28(3)14-20)34(32,33)27-24(31)26-23-21-8-4-6-17(21)12-18-7-5-9-22(18)23;/h12-14,16,19H,4-11,15H2,1-3H3,(H2,26,27,31);. The van der Waals surface area contributed by atoms with Gasteiger partial charge in [-0.1, -0.05) is 6.07 Å². The number of rotatable bonds is 6. The van der Waals surface area contributed by atoms with Crippen LogP contribution in [0, 0.1) is 0 Å². The molecule has 2 N–H and O–H groups in total. The molecule has 35 heavy (non-hydrogen) atoms. The number of urea groups is 1. The summed E-state index contributed by atoms with van der Waals surface area (Å²) in [5.74, 6) is 0. The van der Waals surface area contributed by atoms with E-state index < -0.39 is 16.2 Å². The van der Waals surface area contributed by atoms with Crippen LogP contribution in [0.5, 0.6) is 0 Å². The fourth-order valence-electron chi connectivity index (χ4n) is 5.77. The van der Waals surface area contributed by atoms with E-state index in [1.807, 2.05) is 0 Å². The van der Waals surface area contributed by atoms with E-state index in [4.69, 9.17) is 0 Å². The van der Waals surface area contributed by atoms with Crippen molar-refractivity contribution >= 4 is 57.2 Å². The summed E-state index contributed by atoms with van der Waals surface area (Å²) in [5.41, 5.74) is 6.20. The molecule has 1 aromatic carbocycles. The maximum atomic E-state index is 13.6. The Morgan fingerprint density at radius 1 is 1.14 bits per heavy atom. The van der Waals surface area contributed by atoms with Gasteiger partial charge < -0.3 is 5.32 Å². The molecule has 2 aromatic rings. The molecule has 1 aromatic heterocycles. The second-order valence-electron chi connectivity index (χ2n) is 9.99. The minimum absolute atomic E-state index is 0. The molecule has 1 atom stereocenters. The number of carbonyl (C=O) groups is 1. The van der Waals surface area contributed by atoms with E-state index >= 15 is 0 Å². The first-order valence-corrected chi connectivity index (χ1v) is 13.7. The molecule has 0 saturated carbocycles. The van der Waals surface area contributed by atoms with Crippen molar-refractivity contribution in [2.45, 2.75) is 70.9 Å². The SMILES string of the molecule is CC(C)N1CCC(N(c2cnn(C)c2)S(=O)(=O)NC(=O)Nc2c3c(cc4c2CCC4)CCC3)C1.[Na]. The molecule has 1 radical (unpaired) electrons. The van der Waals surface area contributed by atoms with E-state index in [2.05, 4.69) is 40.0 Å². The molecule has 185 valence electrons. The number of aromatic nitrogens is 2. The van der Waals surface area contributed by atoms with Gasteiger partial charge in [-0.3, -0.25) is 9.58 Å². The summed E-state index contributed by atoms with van der Waals surface area (Å²) in [5, 5.41) is 7.11. The monoisotopic (exact) mass is 509 g/mol. The maximum absolute atomic E-state index is 13.6. The van der Waals surface area contributed by atoms with Gasteiger partial charge in [0.2, 0.25) is 0 Å². The van der Waals surface area contributed by atoms with Gasteiger partial charge in [-0.25, -0.2) is 13.8 Å². The first-order chi connectivity index (χ1) is 16.2. The summed E-state index contributed by atoms with van der Waals surface area (Å²) in [4.78, 5) is 15.3. The third-order valence-corrected chi connectivity index (χ3v) is 8.86. The Labute approximate surface area is 230 Å². The van der Waals surface area contributed by atoms with E-state index in [0.717, 1.165) is 50.8 Å². The van der Waals surface area contributed by atoms with Crippen LogP contribution in [0.25, 0.3) is 0 Å².